The Labute approximate surface area is 177 Å². The average molecular weight is 434 g/mol. The number of nitrogens with one attached hydrogen (secondary N) is 1. The monoisotopic (exact) mass is 433 g/mol. The number of nitrogens with zero attached hydrogens (tertiary/aromatic N) is 2. The van der Waals surface area contributed by atoms with E-state index in [1.807, 2.05) is 0 Å². The van der Waals surface area contributed by atoms with Crippen LogP contribution in [0.4, 0.5) is 15.8 Å². The molecular weight excluding hydrogens is 405 g/mol. The Morgan fingerprint density at radius 2 is 1.77 bits per heavy atom. The third-order valence-corrected chi connectivity index (χ3v) is 7.42. The van der Waals surface area contributed by atoms with Gasteiger partial charge in [-0.25, -0.2) is 12.8 Å². The number of benzene rings is 2. The first-order valence-corrected chi connectivity index (χ1v) is 11.7. The van der Waals surface area contributed by atoms with Crippen molar-refractivity contribution < 1.29 is 17.6 Å². The molecule has 2 aromatic rings. The summed E-state index contributed by atoms with van der Waals surface area (Å²) in [6.45, 7) is 7.57. The molecule has 30 heavy (non-hydrogen) atoms. The van der Waals surface area contributed by atoms with Crippen molar-refractivity contribution >= 4 is 27.3 Å². The first-order valence-electron chi connectivity index (χ1n) is 10.2. The number of rotatable bonds is 7. The Bertz CT molecular complexity index is 1030. The molecule has 1 saturated heterocycles. The van der Waals surface area contributed by atoms with Crippen LogP contribution in [0.25, 0.3) is 0 Å². The number of amides is 1. The summed E-state index contributed by atoms with van der Waals surface area (Å²) in [4.78, 5) is 15.2. The molecule has 0 bridgehead atoms. The van der Waals surface area contributed by atoms with E-state index in [0.717, 1.165) is 31.5 Å². The predicted molar refractivity (Wildman–Crippen MR) is 117 cm³/mol. The van der Waals surface area contributed by atoms with Gasteiger partial charge in [-0.3, -0.25) is 4.79 Å². The lowest BCUT2D eigenvalue weighted by Crippen LogP contribution is -2.31. The molecule has 0 atom stereocenters. The highest BCUT2D eigenvalue weighted by Gasteiger charge is 2.26. The molecule has 0 aliphatic carbocycles. The van der Waals surface area contributed by atoms with Crippen molar-refractivity contribution in [3.8, 4) is 0 Å². The highest BCUT2D eigenvalue weighted by molar-refractivity contribution is 7.89. The zero-order valence-corrected chi connectivity index (χ0v) is 18.4. The van der Waals surface area contributed by atoms with Crippen molar-refractivity contribution in [1.82, 2.24) is 4.31 Å². The molecule has 1 heterocycles. The summed E-state index contributed by atoms with van der Waals surface area (Å²) >= 11 is 0. The molecule has 6 nitrogen and oxygen atoms in total. The maximum absolute atomic E-state index is 14.3. The van der Waals surface area contributed by atoms with Gasteiger partial charge in [0.2, 0.25) is 10.0 Å². The minimum Gasteiger partial charge on any atom is -0.371 e. The first-order chi connectivity index (χ1) is 14.3. The van der Waals surface area contributed by atoms with Crippen molar-refractivity contribution in [3.63, 3.8) is 0 Å². The largest absolute Gasteiger partial charge is 0.371 e. The summed E-state index contributed by atoms with van der Waals surface area (Å²) in [5, 5.41) is 2.60. The number of hydrogen-bond acceptors (Lipinski definition) is 4. The van der Waals surface area contributed by atoms with Crippen LogP contribution in [0.3, 0.4) is 0 Å². The van der Waals surface area contributed by atoms with E-state index in [2.05, 4.69) is 10.2 Å². The van der Waals surface area contributed by atoms with Gasteiger partial charge in [0, 0.05) is 31.9 Å². The van der Waals surface area contributed by atoms with E-state index in [9.17, 15) is 17.6 Å². The van der Waals surface area contributed by atoms with Gasteiger partial charge in [-0.15, -0.1) is 0 Å². The predicted octanol–water partition coefficient (Wildman–Crippen LogP) is 4.02. The highest BCUT2D eigenvalue weighted by Crippen LogP contribution is 2.29. The molecule has 2 aromatic carbocycles. The second-order valence-electron chi connectivity index (χ2n) is 7.40. The molecule has 0 radical (unpaired) electrons. The molecule has 0 unspecified atom stereocenters. The summed E-state index contributed by atoms with van der Waals surface area (Å²) in [7, 11) is -3.72. The fraction of sp³-hybridized carbons (Fsp3) is 0.409. The summed E-state index contributed by atoms with van der Waals surface area (Å²) in [6, 6.07) is 9.20. The standard InChI is InChI=1S/C22H28FN3O3S/c1-4-26(5-2)30(28,29)17-9-11-21(25-12-6-7-13-25)18(15-17)22(27)24-20-10-8-16(3)14-19(20)23/h8-11,14-15H,4-7,12-13H2,1-3H3,(H,24,27). The van der Waals surface area contributed by atoms with Crippen LogP contribution < -0.4 is 10.2 Å². The summed E-state index contributed by atoms with van der Waals surface area (Å²) in [5.74, 6) is -1.06. The Hall–Kier alpha value is -2.45. The zero-order valence-electron chi connectivity index (χ0n) is 17.6. The fourth-order valence-corrected chi connectivity index (χ4v) is 5.20. The van der Waals surface area contributed by atoms with Gasteiger partial charge in [0.25, 0.3) is 5.91 Å². The molecule has 0 aromatic heterocycles. The Morgan fingerprint density at radius 3 is 2.37 bits per heavy atom. The van der Waals surface area contributed by atoms with Crippen molar-refractivity contribution in [1.29, 1.82) is 0 Å². The van der Waals surface area contributed by atoms with E-state index < -0.39 is 21.7 Å². The third kappa shape index (κ3) is 4.49. The van der Waals surface area contributed by atoms with Crippen LogP contribution in [0.1, 0.15) is 42.6 Å². The van der Waals surface area contributed by atoms with Gasteiger partial charge >= 0.3 is 0 Å². The van der Waals surface area contributed by atoms with E-state index in [4.69, 9.17) is 0 Å². The minimum atomic E-state index is -3.72. The normalized spacial score (nSPS) is 14.4. The fourth-order valence-electron chi connectivity index (χ4n) is 3.72. The van der Waals surface area contributed by atoms with Crippen LogP contribution >= 0.6 is 0 Å². The van der Waals surface area contributed by atoms with E-state index in [-0.39, 0.29) is 16.1 Å². The minimum absolute atomic E-state index is 0.0590. The van der Waals surface area contributed by atoms with Crippen molar-refractivity contribution in [2.45, 2.75) is 38.5 Å². The maximum Gasteiger partial charge on any atom is 0.257 e. The molecule has 0 saturated carbocycles. The van der Waals surface area contributed by atoms with Gasteiger partial charge in [-0.1, -0.05) is 19.9 Å². The van der Waals surface area contributed by atoms with Crippen LogP contribution in [-0.2, 0) is 10.0 Å². The molecule has 162 valence electrons. The number of carbonyl (C=O) groups is 1. The molecule has 1 N–H and O–H groups in total. The van der Waals surface area contributed by atoms with Gasteiger partial charge in [-0.05, 0) is 55.7 Å². The summed E-state index contributed by atoms with van der Waals surface area (Å²) in [6.07, 6.45) is 2.01. The van der Waals surface area contributed by atoms with Gasteiger partial charge in [-0.2, -0.15) is 4.31 Å². The zero-order chi connectivity index (χ0) is 21.9. The molecule has 1 amide bonds. The average Bonchev–Trinajstić information content (AvgIpc) is 3.25. The second-order valence-corrected chi connectivity index (χ2v) is 9.34. The quantitative estimate of drug-likeness (QED) is 0.716. The van der Waals surface area contributed by atoms with Gasteiger partial charge in [0.1, 0.15) is 5.82 Å². The summed E-state index contributed by atoms with van der Waals surface area (Å²) < 4.78 is 41.6. The highest BCUT2D eigenvalue weighted by atomic mass is 32.2. The molecule has 0 spiro atoms. The smallest absolute Gasteiger partial charge is 0.257 e. The molecule has 8 heteroatoms. The number of halogens is 1. The lowest BCUT2D eigenvalue weighted by molar-refractivity contribution is 0.102. The lowest BCUT2D eigenvalue weighted by atomic mass is 10.1. The van der Waals surface area contributed by atoms with Gasteiger partial charge in [0.15, 0.2) is 0 Å². The molecular formula is C22H28FN3O3S. The van der Waals surface area contributed by atoms with E-state index in [0.29, 0.717) is 18.8 Å². The van der Waals surface area contributed by atoms with Crippen LogP contribution in [0.5, 0.6) is 0 Å². The van der Waals surface area contributed by atoms with Crippen LogP contribution in [0, 0.1) is 12.7 Å². The molecule has 1 fully saturated rings. The van der Waals surface area contributed by atoms with Crippen molar-refractivity contribution in [2.24, 2.45) is 0 Å². The molecule has 1 aliphatic rings. The van der Waals surface area contributed by atoms with Crippen LogP contribution in [0.15, 0.2) is 41.3 Å². The Kier molecular flexibility index (Phi) is 6.77. The lowest BCUT2D eigenvalue weighted by Gasteiger charge is -2.23. The first kappa shape index (κ1) is 22.2. The SMILES string of the molecule is CCN(CC)S(=O)(=O)c1ccc(N2CCCC2)c(C(=O)Nc2ccc(C)cc2F)c1. The third-order valence-electron chi connectivity index (χ3n) is 5.38. The number of anilines is 2. The number of carbonyl (C=O) groups excluding carboxylic acids is 1. The van der Waals surface area contributed by atoms with Crippen LogP contribution in [-0.4, -0.2) is 44.8 Å². The Balaban J connectivity index is 2.03. The van der Waals surface area contributed by atoms with Gasteiger partial charge < -0.3 is 10.2 Å². The van der Waals surface area contributed by atoms with Gasteiger partial charge in [0.05, 0.1) is 16.1 Å². The summed E-state index contributed by atoms with van der Waals surface area (Å²) in [5.41, 5.74) is 1.70. The number of sulfonamides is 1. The topological polar surface area (TPSA) is 69.7 Å². The number of aryl methyl sites for hydroxylation is 1. The van der Waals surface area contributed by atoms with Crippen molar-refractivity contribution in [2.75, 3.05) is 36.4 Å². The molecule has 1 aliphatic heterocycles. The van der Waals surface area contributed by atoms with E-state index in [1.54, 1.807) is 39.0 Å². The van der Waals surface area contributed by atoms with E-state index in [1.165, 1.54) is 22.5 Å². The number of hydrogen-bond donors (Lipinski definition) is 1. The van der Waals surface area contributed by atoms with E-state index >= 15 is 0 Å². The van der Waals surface area contributed by atoms with Crippen LogP contribution in [0.2, 0.25) is 0 Å². The second kappa shape index (κ2) is 9.14. The maximum atomic E-state index is 14.3. The Morgan fingerprint density at radius 1 is 1.10 bits per heavy atom. The van der Waals surface area contributed by atoms with Crippen molar-refractivity contribution in [3.05, 3.63) is 53.3 Å². The molecule has 3 rings (SSSR count).